The average molecular weight is 582 g/mol. The van der Waals surface area contributed by atoms with Crippen molar-refractivity contribution < 1.29 is 28.3 Å². The molecule has 1 aromatic heterocycles. The minimum atomic E-state index is -0.902. The molecule has 40 heavy (non-hydrogen) atoms. The van der Waals surface area contributed by atoms with Crippen molar-refractivity contribution in [2.75, 3.05) is 12.4 Å². The van der Waals surface area contributed by atoms with E-state index in [9.17, 15) is 19.2 Å². The number of esters is 1. The van der Waals surface area contributed by atoms with E-state index < -0.39 is 17.8 Å². The number of aryl methyl sites for hydroxylation is 1. The highest BCUT2D eigenvalue weighted by Gasteiger charge is 2.37. The number of carbonyl (C=O) groups is 4. The molecule has 0 aliphatic carbocycles. The number of ether oxygens (including phenoxy) is 1. The number of anilines is 1. The zero-order chi connectivity index (χ0) is 29.0. The summed E-state index contributed by atoms with van der Waals surface area (Å²) >= 11 is 11.8. The van der Waals surface area contributed by atoms with Crippen LogP contribution in [0.3, 0.4) is 0 Å². The number of furan rings is 1. The number of hydrogen-bond acceptors (Lipinski definition) is 6. The van der Waals surface area contributed by atoms with Crippen LogP contribution in [0, 0.1) is 6.92 Å². The molecule has 0 bridgehead atoms. The topological polar surface area (TPSA) is 118 Å². The van der Waals surface area contributed by atoms with Crippen molar-refractivity contribution in [3.8, 4) is 0 Å². The van der Waals surface area contributed by atoms with Crippen LogP contribution in [-0.4, -0.2) is 35.7 Å². The lowest BCUT2D eigenvalue weighted by Crippen LogP contribution is -2.34. The summed E-state index contributed by atoms with van der Waals surface area (Å²) in [6.45, 7) is 3.85. The van der Waals surface area contributed by atoms with Crippen molar-refractivity contribution in [1.82, 2.24) is 10.2 Å². The SMILES string of the molecule is COC(=O)C1=C(C)N(Cc2ccc(C)cc2)C(=O)/C1=C/c1ccc(CNC(=O)C(=O)Nc2ccc(Cl)c(Cl)c2)o1. The lowest BCUT2D eigenvalue weighted by atomic mass is 10.1. The molecule has 0 atom stereocenters. The highest BCUT2D eigenvalue weighted by molar-refractivity contribution is 6.43. The van der Waals surface area contributed by atoms with E-state index in [-0.39, 0.29) is 40.9 Å². The van der Waals surface area contributed by atoms with E-state index in [1.54, 1.807) is 19.1 Å². The number of halogens is 2. The number of methoxy groups -OCH3 is 1. The average Bonchev–Trinajstić information content (AvgIpc) is 3.48. The van der Waals surface area contributed by atoms with Crippen molar-refractivity contribution >= 4 is 58.7 Å². The standard InChI is InChI=1S/C29H25Cl2N3O6/c1-16-4-6-18(7-5-16)15-34-17(2)25(29(38)39-3)22(28(34)37)13-20-9-10-21(40-20)14-32-26(35)27(36)33-19-8-11-23(30)24(31)12-19/h4-13H,14-15H2,1-3H3,(H,32,35)(H,33,36)/b22-13+. The number of amides is 3. The van der Waals surface area contributed by atoms with E-state index >= 15 is 0 Å². The molecule has 3 aromatic rings. The fourth-order valence-corrected chi connectivity index (χ4v) is 4.31. The maximum absolute atomic E-state index is 13.4. The molecular formula is C29H25Cl2N3O6. The lowest BCUT2D eigenvalue weighted by molar-refractivity contribution is -0.136. The Labute approximate surface area is 240 Å². The van der Waals surface area contributed by atoms with Crippen LogP contribution in [0.4, 0.5) is 5.69 Å². The molecule has 4 rings (SSSR count). The molecule has 0 spiro atoms. The summed E-state index contributed by atoms with van der Waals surface area (Å²) in [4.78, 5) is 51.9. The summed E-state index contributed by atoms with van der Waals surface area (Å²) in [6.07, 6.45) is 1.45. The zero-order valence-electron chi connectivity index (χ0n) is 21.8. The minimum absolute atomic E-state index is 0.0942. The first-order chi connectivity index (χ1) is 19.1. The van der Waals surface area contributed by atoms with E-state index in [0.717, 1.165) is 11.1 Å². The predicted octanol–water partition coefficient (Wildman–Crippen LogP) is 5.02. The van der Waals surface area contributed by atoms with Crippen LogP contribution in [0.5, 0.6) is 0 Å². The normalized spacial score (nSPS) is 14.1. The van der Waals surface area contributed by atoms with Gasteiger partial charge in [0.2, 0.25) is 0 Å². The van der Waals surface area contributed by atoms with Crippen LogP contribution in [0.2, 0.25) is 10.0 Å². The monoisotopic (exact) mass is 581 g/mol. The molecule has 1 aliphatic heterocycles. The predicted molar refractivity (Wildman–Crippen MR) is 150 cm³/mol. The fraction of sp³-hybridized carbons (Fsp3) is 0.172. The number of allylic oxidation sites excluding steroid dienone is 1. The van der Waals surface area contributed by atoms with Gasteiger partial charge >= 0.3 is 17.8 Å². The van der Waals surface area contributed by atoms with Crippen LogP contribution in [0.25, 0.3) is 6.08 Å². The molecule has 0 saturated heterocycles. The first kappa shape index (κ1) is 28.7. The summed E-state index contributed by atoms with van der Waals surface area (Å²) in [6, 6.07) is 15.4. The van der Waals surface area contributed by atoms with Gasteiger partial charge in [0.1, 0.15) is 11.5 Å². The van der Waals surface area contributed by atoms with Gasteiger partial charge in [-0.2, -0.15) is 0 Å². The van der Waals surface area contributed by atoms with Gasteiger partial charge in [0.25, 0.3) is 5.91 Å². The second kappa shape index (κ2) is 12.2. The fourth-order valence-electron chi connectivity index (χ4n) is 4.01. The van der Waals surface area contributed by atoms with Gasteiger partial charge in [0.15, 0.2) is 0 Å². The number of nitrogens with zero attached hydrogens (tertiary/aromatic N) is 1. The molecule has 0 saturated carbocycles. The van der Waals surface area contributed by atoms with Gasteiger partial charge in [-0.15, -0.1) is 0 Å². The zero-order valence-corrected chi connectivity index (χ0v) is 23.4. The third kappa shape index (κ3) is 6.44. The summed E-state index contributed by atoms with van der Waals surface area (Å²) in [7, 11) is 1.25. The third-order valence-electron chi connectivity index (χ3n) is 6.14. The van der Waals surface area contributed by atoms with E-state index in [2.05, 4.69) is 10.6 Å². The van der Waals surface area contributed by atoms with Crippen LogP contribution < -0.4 is 10.6 Å². The number of carbonyl (C=O) groups excluding carboxylic acids is 4. The first-order valence-corrected chi connectivity index (χ1v) is 12.8. The molecule has 11 heteroatoms. The lowest BCUT2D eigenvalue weighted by Gasteiger charge is -2.18. The molecule has 2 aromatic carbocycles. The Morgan fingerprint density at radius 1 is 0.975 bits per heavy atom. The van der Waals surface area contributed by atoms with E-state index in [4.69, 9.17) is 32.4 Å². The second-order valence-electron chi connectivity index (χ2n) is 8.96. The summed E-state index contributed by atoms with van der Waals surface area (Å²) in [5.41, 5.74) is 3.05. The molecule has 206 valence electrons. The maximum Gasteiger partial charge on any atom is 0.340 e. The third-order valence-corrected chi connectivity index (χ3v) is 6.88. The van der Waals surface area contributed by atoms with Crippen LogP contribution in [0.15, 0.2) is 75.9 Å². The van der Waals surface area contributed by atoms with Gasteiger partial charge in [-0.25, -0.2) is 4.79 Å². The van der Waals surface area contributed by atoms with Gasteiger partial charge in [-0.1, -0.05) is 53.0 Å². The van der Waals surface area contributed by atoms with Gasteiger partial charge in [-0.3, -0.25) is 14.4 Å². The summed E-state index contributed by atoms with van der Waals surface area (Å²) in [5.74, 6) is -2.21. The Morgan fingerprint density at radius 2 is 1.70 bits per heavy atom. The molecule has 2 N–H and O–H groups in total. The van der Waals surface area contributed by atoms with Gasteiger partial charge in [-0.05, 0) is 55.8 Å². The van der Waals surface area contributed by atoms with E-state index in [0.29, 0.717) is 22.2 Å². The summed E-state index contributed by atoms with van der Waals surface area (Å²) in [5, 5.41) is 5.44. The molecule has 2 heterocycles. The Hall–Kier alpha value is -4.34. The maximum atomic E-state index is 13.4. The van der Waals surface area contributed by atoms with E-state index in [1.165, 1.54) is 36.3 Å². The van der Waals surface area contributed by atoms with Crippen molar-refractivity contribution in [2.45, 2.75) is 26.9 Å². The molecule has 1 aliphatic rings. The van der Waals surface area contributed by atoms with E-state index in [1.807, 2.05) is 31.2 Å². The van der Waals surface area contributed by atoms with Crippen LogP contribution in [-0.2, 0) is 37.0 Å². The smallest absolute Gasteiger partial charge is 0.340 e. The quantitative estimate of drug-likeness (QED) is 0.230. The highest BCUT2D eigenvalue weighted by Crippen LogP contribution is 2.33. The van der Waals surface area contributed by atoms with Crippen molar-refractivity contribution in [2.24, 2.45) is 0 Å². The second-order valence-corrected chi connectivity index (χ2v) is 9.77. The largest absolute Gasteiger partial charge is 0.465 e. The molecule has 0 fully saturated rings. The molecule has 0 radical (unpaired) electrons. The number of nitrogens with one attached hydrogen (secondary N) is 2. The Kier molecular flexibility index (Phi) is 8.77. The summed E-state index contributed by atoms with van der Waals surface area (Å²) < 4.78 is 10.7. The number of hydrogen-bond donors (Lipinski definition) is 2. The molecule has 9 nitrogen and oxygen atoms in total. The Morgan fingerprint density at radius 3 is 2.38 bits per heavy atom. The van der Waals surface area contributed by atoms with Gasteiger partial charge in [0, 0.05) is 11.4 Å². The van der Waals surface area contributed by atoms with Crippen LogP contribution >= 0.6 is 23.2 Å². The Bertz CT molecular complexity index is 1560. The molecule has 0 unspecified atom stereocenters. The highest BCUT2D eigenvalue weighted by atomic mass is 35.5. The minimum Gasteiger partial charge on any atom is -0.465 e. The van der Waals surface area contributed by atoms with Gasteiger partial charge in [0.05, 0.1) is 41.4 Å². The van der Waals surface area contributed by atoms with Crippen molar-refractivity contribution in [1.29, 1.82) is 0 Å². The van der Waals surface area contributed by atoms with Crippen molar-refractivity contribution in [3.05, 3.63) is 104 Å². The van der Waals surface area contributed by atoms with Gasteiger partial charge < -0.3 is 24.7 Å². The number of benzene rings is 2. The first-order valence-electron chi connectivity index (χ1n) is 12.1. The Balaban J connectivity index is 1.45. The molecular weight excluding hydrogens is 557 g/mol. The van der Waals surface area contributed by atoms with Crippen LogP contribution in [0.1, 0.15) is 29.6 Å². The molecule has 3 amide bonds. The number of rotatable bonds is 7. The van der Waals surface area contributed by atoms with Crippen molar-refractivity contribution in [3.63, 3.8) is 0 Å².